The fraction of sp³-hybridized carbons (Fsp3) is 1.00. The van der Waals surface area contributed by atoms with Crippen molar-refractivity contribution in [3.05, 3.63) is 0 Å². The molecule has 0 aromatic carbocycles. The minimum absolute atomic E-state index is 0.0607. The van der Waals surface area contributed by atoms with Crippen LogP contribution in [0.4, 0.5) is 0 Å². The number of nitrogens with one attached hydrogen (secondary N) is 1. The van der Waals surface area contributed by atoms with Gasteiger partial charge >= 0.3 is 0 Å². The zero-order chi connectivity index (χ0) is 17.2. The van der Waals surface area contributed by atoms with Crippen LogP contribution in [-0.4, -0.2) is 42.3 Å². The summed E-state index contributed by atoms with van der Waals surface area (Å²) >= 11 is 0. The van der Waals surface area contributed by atoms with Gasteiger partial charge in [-0.05, 0) is 13.3 Å². The molecule has 0 aromatic heterocycles. The van der Waals surface area contributed by atoms with Crippen LogP contribution in [0.5, 0.6) is 0 Å². The maximum atomic E-state index is 9.56. The third-order valence-electron chi connectivity index (χ3n) is 4.19. The van der Waals surface area contributed by atoms with Gasteiger partial charge in [-0.25, -0.2) is 0 Å². The zero-order valence-corrected chi connectivity index (χ0v) is 15.6. The smallest absolute Gasteiger partial charge is 0.134 e. The highest BCUT2D eigenvalue weighted by atomic mass is 16.5. The first-order valence-electron chi connectivity index (χ1n) is 9.86. The van der Waals surface area contributed by atoms with Gasteiger partial charge in [0.05, 0.1) is 12.7 Å². The summed E-state index contributed by atoms with van der Waals surface area (Å²) in [6, 6.07) is 0. The molecule has 0 bridgehead atoms. The molecular weight excluding hydrogens is 290 g/mol. The minimum Gasteiger partial charge on any atom is -0.395 e. The third kappa shape index (κ3) is 16.5. The second-order valence-corrected chi connectivity index (χ2v) is 6.60. The van der Waals surface area contributed by atoms with Gasteiger partial charge in [-0.15, -0.1) is 0 Å². The van der Waals surface area contributed by atoms with Crippen LogP contribution in [0.15, 0.2) is 0 Å². The molecular formula is C19H41NO3. The second-order valence-electron chi connectivity index (χ2n) is 6.60. The Kier molecular flexibility index (Phi) is 18.1. The van der Waals surface area contributed by atoms with Crippen LogP contribution in [0.3, 0.4) is 0 Å². The van der Waals surface area contributed by atoms with Gasteiger partial charge < -0.3 is 14.9 Å². The van der Waals surface area contributed by atoms with Crippen molar-refractivity contribution in [1.82, 2.24) is 5.32 Å². The van der Waals surface area contributed by atoms with Crippen molar-refractivity contribution in [2.45, 2.75) is 103 Å². The fourth-order valence-electron chi connectivity index (χ4n) is 2.73. The summed E-state index contributed by atoms with van der Waals surface area (Å²) in [4.78, 5) is 0. The monoisotopic (exact) mass is 331 g/mol. The highest BCUT2D eigenvalue weighted by Gasteiger charge is 2.13. The number of aliphatic hydroxyl groups is 2. The van der Waals surface area contributed by atoms with E-state index < -0.39 is 6.10 Å². The van der Waals surface area contributed by atoms with E-state index in [0.29, 0.717) is 13.2 Å². The largest absolute Gasteiger partial charge is 0.395 e. The topological polar surface area (TPSA) is 61.7 Å². The summed E-state index contributed by atoms with van der Waals surface area (Å²) in [6.45, 7) is 5.16. The van der Waals surface area contributed by atoms with Crippen LogP contribution >= 0.6 is 0 Å². The van der Waals surface area contributed by atoms with E-state index in [9.17, 15) is 5.11 Å². The molecule has 0 aliphatic carbocycles. The summed E-state index contributed by atoms with van der Waals surface area (Å²) in [6.07, 6.45) is 15.1. The molecule has 0 heterocycles. The SMILES string of the molecule is CCCCCCCCCCCCCCOC(NCCO)C(C)O. The molecule has 0 rings (SSSR count). The zero-order valence-electron chi connectivity index (χ0n) is 15.6. The normalized spacial score (nSPS) is 14.1. The summed E-state index contributed by atoms with van der Waals surface area (Å²) in [7, 11) is 0. The molecule has 2 unspecified atom stereocenters. The van der Waals surface area contributed by atoms with Crippen molar-refractivity contribution >= 4 is 0 Å². The van der Waals surface area contributed by atoms with Crippen LogP contribution in [0.2, 0.25) is 0 Å². The van der Waals surface area contributed by atoms with E-state index in [4.69, 9.17) is 9.84 Å². The van der Waals surface area contributed by atoms with Crippen molar-refractivity contribution in [2.24, 2.45) is 0 Å². The first-order chi connectivity index (χ1) is 11.2. The highest BCUT2D eigenvalue weighted by Crippen LogP contribution is 2.12. The van der Waals surface area contributed by atoms with Gasteiger partial charge in [-0.1, -0.05) is 77.6 Å². The molecule has 0 amide bonds. The van der Waals surface area contributed by atoms with E-state index in [0.717, 1.165) is 6.42 Å². The van der Waals surface area contributed by atoms with Gasteiger partial charge in [0, 0.05) is 13.2 Å². The predicted molar refractivity (Wildman–Crippen MR) is 97.6 cm³/mol. The van der Waals surface area contributed by atoms with Gasteiger partial charge in [-0.3, -0.25) is 5.32 Å². The maximum Gasteiger partial charge on any atom is 0.134 e. The van der Waals surface area contributed by atoms with Gasteiger partial charge in [-0.2, -0.15) is 0 Å². The number of aliphatic hydroxyl groups excluding tert-OH is 2. The summed E-state index contributed by atoms with van der Waals surface area (Å²) < 4.78 is 5.63. The molecule has 2 atom stereocenters. The van der Waals surface area contributed by atoms with Gasteiger partial charge in [0.25, 0.3) is 0 Å². The quantitative estimate of drug-likeness (QED) is 0.262. The van der Waals surface area contributed by atoms with E-state index >= 15 is 0 Å². The molecule has 0 spiro atoms. The first kappa shape index (κ1) is 22.8. The summed E-state index contributed by atoms with van der Waals surface area (Å²) in [5.41, 5.74) is 0. The Morgan fingerprint density at radius 2 is 1.30 bits per heavy atom. The lowest BCUT2D eigenvalue weighted by atomic mass is 10.1. The summed E-state index contributed by atoms with van der Waals surface area (Å²) in [5, 5.41) is 21.3. The van der Waals surface area contributed by atoms with Crippen LogP contribution in [0, 0.1) is 0 Å². The van der Waals surface area contributed by atoms with Crippen LogP contribution in [0.25, 0.3) is 0 Å². The standard InChI is InChI=1S/C19H41NO3/c1-3-4-5-6-7-8-9-10-11-12-13-14-17-23-19(18(2)22)20-15-16-21/h18-22H,3-17H2,1-2H3. The number of ether oxygens (including phenoxy) is 1. The van der Waals surface area contributed by atoms with E-state index in [2.05, 4.69) is 12.2 Å². The Morgan fingerprint density at radius 1 is 0.826 bits per heavy atom. The molecule has 0 radical (unpaired) electrons. The number of hydrogen-bond acceptors (Lipinski definition) is 4. The van der Waals surface area contributed by atoms with Crippen molar-refractivity contribution < 1.29 is 14.9 Å². The average molecular weight is 332 g/mol. The number of hydrogen-bond donors (Lipinski definition) is 3. The first-order valence-corrected chi connectivity index (χ1v) is 9.86. The Balaban J connectivity index is 3.25. The van der Waals surface area contributed by atoms with Crippen LogP contribution in [0.1, 0.15) is 90.9 Å². The molecule has 0 aromatic rings. The molecule has 4 heteroatoms. The van der Waals surface area contributed by atoms with Crippen molar-refractivity contribution in [2.75, 3.05) is 19.8 Å². The van der Waals surface area contributed by atoms with Crippen LogP contribution < -0.4 is 5.32 Å². The lowest BCUT2D eigenvalue weighted by molar-refractivity contribution is -0.0507. The van der Waals surface area contributed by atoms with E-state index in [1.54, 1.807) is 6.92 Å². The van der Waals surface area contributed by atoms with Crippen LogP contribution in [-0.2, 0) is 4.74 Å². The van der Waals surface area contributed by atoms with Gasteiger partial charge in [0.15, 0.2) is 0 Å². The molecule has 0 saturated heterocycles. The predicted octanol–water partition coefficient (Wildman–Crippen LogP) is 3.99. The highest BCUT2D eigenvalue weighted by molar-refractivity contribution is 4.62. The van der Waals surface area contributed by atoms with Crippen molar-refractivity contribution in [3.8, 4) is 0 Å². The Hall–Kier alpha value is -0.160. The number of unbranched alkanes of at least 4 members (excludes halogenated alkanes) is 11. The van der Waals surface area contributed by atoms with E-state index in [-0.39, 0.29) is 12.8 Å². The van der Waals surface area contributed by atoms with Crippen molar-refractivity contribution in [1.29, 1.82) is 0 Å². The Morgan fingerprint density at radius 3 is 1.74 bits per heavy atom. The molecule has 0 saturated carbocycles. The van der Waals surface area contributed by atoms with E-state index in [1.165, 1.54) is 70.6 Å². The molecule has 140 valence electrons. The Labute approximate surface area is 144 Å². The van der Waals surface area contributed by atoms with Gasteiger partial charge in [0.2, 0.25) is 0 Å². The molecule has 0 aliphatic rings. The molecule has 0 aliphatic heterocycles. The van der Waals surface area contributed by atoms with Gasteiger partial charge in [0.1, 0.15) is 6.23 Å². The third-order valence-corrected chi connectivity index (χ3v) is 4.19. The molecule has 23 heavy (non-hydrogen) atoms. The molecule has 0 fully saturated rings. The second kappa shape index (κ2) is 18.2. The lowest BCUT2D eigenvalue weighted by Crippen LogP contribution is -2.42. The lowest BCUT2D eigenvalue weighted by Gasteiger charge is -2.21. The fourth-order valence-corrected chi connectivity index (χ4v) is 2.73. The molecule has 3 N–H and O–H groups in total. The summed E-state index contributed by atoms with van der Waals surface area (Å²) in [5.74, 6) is 0. The Bertz CT molecular complexity index is 225. The van der Waals surface area contributed by atoms with E-state index in [1.807, 2.05) is 0 Å². The van der Waals surface area contributed by atoms with Crippen molar-refractivity contribution in [3.63, 3.8) is 0 Å². The minimum atomic E-state index is -0.557. The molecule has 4 nitrogen and oxygen atoms in total. The number of rotatable bonds is 18. The average Bonchev–Trinajstić information content (AvgIpc) is 2.54. The maximum absolute atomic E-state index is 9.56.